The molecule has 1 atom stereocenters. The fourth-order valence-electron chi connectivity index (χ4n) is 3.63. The van der Waals surface area contributed by atoms with Gasteiger partial charge >= 0.3 is 0 Å². The van der Waals surface area contributed by atoms with Gasteiger partial charge in [-0.1, -0.05) is 62.4 Å². The number of benzene rings is 2. The second-order valence-corrected chi connectivity index (χ2v) is 9.64. The van der Waals surface area contributed by atoms with Crippen LogP contribution in [0.15, 0.2) is 54.6 Å². The van der Waals surface area contributed by atoms with Gasteiger partial charge in [0.25, 0.3) is 0 Å². The predicted octanol–water partition coefficient (Wildman–Crippen LogP) is 3.99. The lowest BCUT2D eigenvalue weighted by molar-refractivity contribution is -0.120. The molecule has 1 N–H and O–H groups in total. The maximum absolute atomic E-state index is 12.8. The van der Waals surface area contributed by atoms with Crippen LogP contribution in [0, 0.1) is 5.92 Å². The highest BCUT2D eigenvalue weighted by atomic mass is 32.2. The molecule has 0 aromatic heterocycles. The van der Waals surface area contributed by atoms with Crippen molar-refractivity contribution < 1.29 is 13.2 Å². The van der Waals surface area contributed by atoms with E-state index in [-0.39, 0.29) is 24.1 Å². The van der Waals surface area contributed by atoms with Crippen LogP contribution in [-0.2, 0) is 20.6 Å². The molecule has 3 rings (SSSR count). The maximum atomic E-state index is 12.8. The van der Waals surface area contributed by atoms with Gasteiger partial charge in [0.05, 0.1) is 11.7 Å². The van der Waals surface area contributed by atoms with Gasteiger partial charge in [-0.25, -0.2) is 12.7 Å². The molecule has 1 amide bonds. The Kier molecular flexibility index (Phi) is 6.52. The normalized spacial score (nSPS) is 18.2. The smallest absolute Gasteiger partial charge is 0.228 e. The number of amides is 1. The van der Waals surface area contributed by atoms with Crippen molar-refractivity contribution in [3.63, 3.8) is 0 Å². The van der Waals surface area contributed by atoms with Crippen LogP contribution < -0.4 is 5.32 Å². The van der Waals surface area contributed by atoms with E-state index in [9.17, 15) is 13.2 Å². The van der Waals surface area contributed by atoms with E-state index in [0.717, 1.165) is 16.8 Å². The van der Waals surface area contributed by atoms with E-state index in [1.54, 1.807) is 0 Å². The van der Waals surface area contributed by atoms with Crippen LogP contribution in [-0.4, -0.2) is 31.7 Å². The van der Waals surface area contributed by atoms with E-state index >= 15 is 0 Å². The van der Waals surface area contributed by atoms with Gasteiger partial charge in [0.1, 0.15) is 0 Å². The first-order valence-electron chi connectivity index (χ1n) is 9.78. The standard InChI is InChI=1S/C22H28N2O3S/c1-17(2)20-12-6-7-13-21(20)23-22(25)19-11-8-14-24(15-19)28(26,27)16-18-9-4-3-5-10-18/h3-7,9-10,12-13,17,19H,8,11,14-16H2,1-2H3,(H,23,25). The Hall–Kier alpha value is -2.18. The second kappa shape index (κ2) is 8.88. The Morgan fingerprint density at radius 2 is 1.79 bits per heavy atom. The minimum atomic E-state index is -3.44. The van der Waals surface area contributed by atoms with Crippen molar-refractivity contribution in [1.82, 2.24) is 4.31 Å². The Labute approximate surface area is 167 Å². The highest BCUT2D eigenvalue weighted by Crippen LogP contribution is 2.26. The maximum Gasteiger partial charge on any atom is 0.228 e. The Balaban J connectivity index is 1.68. The average molecular weight is 401 g/mol. The molecule has 0 spiro atoms. The van der Waals surface area contributed by atoms with Gasteiger partial charge in [0.2, 0.25) is 15.9 Å². The molecule has 1 aliphatic rings. The summed E-state index contributed by atoms with van der Waals surface area (Å²) >= 11 is 0. The molecular formula is C22H28N2O3S. The molecule has 0 bridgehead atoms. The molecule has 1 saturated heterocycles. The lowest BCUT2D eigenvalue weighted by atomic mass is 9.97. The summed E-state index contributed by atoms with van der Waals surface area (Å²) in [5.74, 6) is -0.170. The first-order valence-corrected chi connectivity index (χ1v) is 11.4. The molecule has 150 valence electrons. The van der Waals surface area contributed by atoms with E-state index < -0.39 is 10.0 Å². The molecule has 2 aromatic rings. The Morgan fingerprint density at radius 3 is 2.50 bits per heavy atom. The van der Waals surface area contributed by atoms with Gasteiger partial charge in [0.15, 0.2) is 0 Å². The summed E-state index contributed by atoms with van der Waals surface area (Å²) in [5, 5.41) is 3.02. The molecule has 0 aliphatic carbocycles. The van der Waals surface area contributed by atoms with Crippen molar-refractivity contribution in [3.8, 4) is 0 Å². The van der Waals surface area contributed by atoms with Gasteiger partial charge in [-0.2, -0.15) is 0 Å². The van der Waals surface area contributed by atoms with Crippen LogP contribution in [0.4, 0.5) is 5.69 Å². The minimum Gasteiger partial charge on any atom is -0.326 e. The SMILES string of the molecule is CC(C)c1ccccc1NC(=O)C1CCCN(S(=O)(=O)Cc2ccccc2)C1. The Bertz CT molecular complexity index is 910. The number of sulfonamides is 1. The van der Waals surface area contributed by atoms with Crippen LogP contribution in [0.5, 0.6) is 0 Å². The van der Waals surface area contributed by atoms with Crippen molar-refractivity contribution in [2.24, 2.45) is 5.92 Å². The average Bonchev–Trinajstić information content (AvgIpc) is 2.69. The molecule has 0 radical (unpaired) electrons. The number of hydrogen-bond acceptors (Lipinski definition) is 3. The first kappa shape index (κ1) is 20.6. The van der Waals surface area contributed by atoms with Crippen molar-refractivity contribution in [3.05, 3.63) is 65.7 Å². The lowest BCUT2D eigenvalue weighted by Crippen LogP contribution is -2.44. The first-order chi connectivity index (χ1) is 13.4. The van der Waals surface area contributed by atoms with Crippen LogP contribution in [0.3, 0.4) is 0 Å². The quantitative estimate of drug-likeness (QED) is 0.797. The van der Waals surface area contributed by atoms with Crippen LogP contribution >= 0.6 is 0 Å². The van der Waals surface area contributed by atoms with Crippen LogP contribution in [0.1, 0.15) is 43.7 Å². The third-order valence-corrected chi connectivity index (χ3v) is 7.00. The van der Waals surface area contributed by atoms with Crippen molar-refractivity contribution in [2.75, 3.05) is 18.4 Å². The summed E-state index contributed by atoms with van der Waals surface area (Å²) in [6.07, 6.45) is 1.39. The van der Waals surface area contributed by atoms with Gasteiger partial charge < -0.3 is 5.32 Å². The van der Waals surface area contributed by atoms with E-state index in [1.165, 1.54) is 4.31 Å². The van der Waals surface area contributed by atoms with E-state index in [2.05, 4.69) is 19.2 Å². The molecule has 6 heteroatoms. The Morgan fingerprint density at radius 1 is 1.11 bits per heavy atom. The molecule has 0 saturated carbocycles. The third kappa shape index (κ3) is 5.00. The van der Waals surface area contributed by atoms with Crippen molar-refractivity contribution >= 4 is 21.6 Å². The van der Waals surface area contributed by atoms with Gasteiger partial charge in [-0.05, 0) is 36.0 Å². The van der Waals surface area contributed by atoms with Crippen molar-refractivity contribution in [1.29, 1.82) is 0 Å². The van der Waals surface area contributed by atoms with Crippen LogP contribution in [0.2, 0.25) is 0 Å². The highest BCUT2D eigenvalue weighted by Gasteiger charge is 2.32. The number of piperidine rings is 1. The summed E-state index contributed by atoms with van der Waals surface area (Å²) < 4.78 is 27.1. The summed E-state index contributed by atoms with van der Waals surface area (Å²) in [7, 11) is -3.44. The third-order valence-electron chi connectivity index (χ3n) is 5.18. The van der Waals surface area contributed by atoms with E-state index in [0.29, 0.717) is 25.3 Å². The van der Waals surface area contributed by atoms with Gasteiger partial charge in [-0.3, -0.25) is 4.79 Å². The number of rotatable bonds is 6. The monoisotopic (exact) mass is 400 g/mol. The largest absolute Gasteiger partial charge is 0.326 e. The fraction of sp³-hybridized carbons (Fsp3) is 0.409. The number of nitrogens with one attached hydrogen (secondary N) is 1. The van der Waals surface area contributed by atoms with Crippen molar-refractivity contribution in [2.45, 2.75) is 38.4 Å². The number of hydrogen-bond donors (Lipinski definition) is 1. The molecule has 5 nitrogen and oxygen atoms in total. The molecule has 28 heavy (non-hydrogen) atoms. The second-order valence-electron chi connectivity index (χ2n) is 7.67. The molecule has 1 fully saturated rings. The fourth-order valence-corrected chi connectivity index (χ4v) is 5.24. The zero-order chi connectivity index (χ0) is 20.1. The molecule has 1 heterocycles. The zero-order valence-corrected chi connectivity index (χ0v) is 17.3. The topological polar surface area (TPSA) is 66.5 Å². The number of carbonyl (C=O) groups is 1. The van der Waals surface area contributed by atoms with Gasteiger partial charge in [0, 0.05) is 18.8 Å². The lowest BCUT2D eigenvalue weighted by Gasteiger charge is -2.31. The molecule has 1 aliphatic heterocycles. The minimum absolute atomic E-state index is 0.0294. The number of carbonyl (C=O) groups excluding carboxylic acids is 1. The number of nitrogens with zero attached hydrogens (tertiary/aromatic N) is 1. The van der Waals surface area contributed by atoms with E-state index in [1.807, 2.05) is 54.6 Å². The summed E-state index contributed by atoms with van der Waals surface area (Å²) in [6.45, 7) is 4.89. The zero-order valence-electron chi connectivity index (χ0n) is 16.5. The van der Waals surface area contributed by atoms with E-state index in [4.69, 9.17) is 0 Å². The predicted molar refractivity (Wildman–Crippen MR) is 113 cm³/mol. The molecular weight excluding hydrogens is 372 g/mol. The summed E-state index contributed by atoms with van der Waals surface area (Å²) in [6, 6.07) is 16.9. The number of para-hydroxylation sites is 1. The molecule has 2 aromatic carbocycles. The summed E-state index contributed by atoms with van der Waals surface area (Å²) in [4.78, 5) is 12.8. The number of anilines is 1. The van der Waals surface area contributed by atoms with Crippen LogP contribution in [0.25, 0.3) is 0 Å². The van der Waals surface area contributed by atoms with Gasteiger partial charge in [-0.15, -0.1) is 0 Å². The summed E-state index contributed by atoms with van der Waals surface area (Å²) in [5.41, 5.74) is 2.66. The highest BCUT2D eigenvalue weighted by molar-refractivity contribution is 7.88. The molecule has 1 unspecified atom stereocenters.